The molecule has 1 aromatic rings. The number of hydrogen-bond acceptors (Lipinski definition) is 3. The summed E-state index contributed by atoms with van der Waals surface area (Å²) in [4.78, 5) is 12.7. The highest BCUT2D eigenvalue weighted by Gasteiger charge is 2.14. The van der Waals surface area contributed by atoms with Gasteiger partial charge >= 0.3 is 5.97 Å². The number of benzene rings is 1. The molecule has 0 amide bonds. The number of nitrogens with zero attached hydrogens (tertiary/aromatic N) is 1. The molecular formula is C15H24N2O2. The maximum Gasteiger partial charge on any atom is 0.321 e. The van der Waals surface area contributed by atoms with Crippen LogP contribution in [0.1, 0.15) is 22.3 Å². The summed E-state index contributed by atoms with van der Waals surface area (Å²) in [5.41, 5.74) is 10.8. The van der Waals surface area contributed by atoms with Crippen LogP contribution in [0.2, 0.25) is 0 Å². The average Bonchev–Trinajstić information content (AvgIpc) is 2.35. The van der Waals surface area contributed by atoms with E-state index in [0.717, 1.165) is 13.0 Å². The van der Waals surface area contributed by atoms with E-state index < -0.39 is 12.0 Å². The van der Waals surface area contributed by atoms with Crippen LogP contribution >= 0.6 is 0 Å². The number of aryl methyl sites for hydroxylation is 1. The summed E-state index contributed by atoms with van der Waals surface area (Å²) in [5.74, 6) is -0.950. The number of nitrogens with two attached hydrogens (primary N) is 1. The van der Waals surface area contributed by atoms with Crippen LogP contribution in [0, 0.1) is 20.8 Å². The second-order valence-corrected chi connectivity index (χ2v) is 5.25. The number of carboxylic acid groups (broad SMARTS) is 1. The summed E-state index contributed by atoms with van der Waals surface area (Å²) < 4.78 is 0. The number of rotatable bonds is 6. The fraction of sp³-hybridized carbons (Fsp3) is 0.533. The van der Waals surface area contributed by atoms with Crippen LogP contribution in [-0.2, 0) is 11.2 Å². The van der Waals surface area contributed by atoms with Crippen LogP contribution in [0.15, 0.2) is 12.1 Å². The minimum atomic E-state index is -0.950. The molecule has 3 N–H and O–H groups in total. The molecule has 106 valence electrons. The van der Waals surface area contributed by atoms with E-state index in [4.69, 9.17) is 10.8 Å². The van der Waals surface area contributed by atoms with Crippen molar-refractivity contribution < 1.29 is 9.90 Å². The molecule has 0 aliphatic rings. The van der Waals surface area contributed by atoms with Gasteiger partial charge in [0.05, 0.1) is 0 Å². The Morgan fingerprint density at radius 3 is 2.53 bits per heavy atom. The topological polar surface area (TPSA) is 66.6 Å². The minimum Gasteiger partial charge on any atom is -0.480 e. The Morgan fingerprint density at radius 2 is 1.95 bits per heavy atom. The standard InChI is InChI=1S/C15H24N2O2/c1-10-5-6-13(12(3)11(10)2)7-8-17(4)9-14(16)15(18)19/h5-6,14H,7-9,16H2,1-4H3,(H,18,19). The van der Waals surface area contributed by atoms with E-state index in [1.165, 1.54) is 22.3 Å². The van der Waals surface area contributed by atoms with Crippen molar-refractivity contribution in [1.29, 1.82) is 0 Å². The van der Waals surface area contributed by atoms with Gasteiger partial charge < -0.3 is 15.7 Å². The molecule has 0 saturated heterocycles. The quantitative estimate of drug-likeness (QED) is 0.817. The lowest BCUT2D eigenvalue weighted by molar-refractivity contribution is -0.138. The minimum absolute atomic E-state index is 0.374. The molecule has 4 heteroatoms. The van der Waals surface area contributed by atoms with Crippen LogP contribution in [0.5, 0.6) is 0 Å². The first-order valence-electron chi connectivity index (χ1n) is 6.55. The Morgan fingerprint density at radius 1 is 1.32 bits per heavy atom. The molecule has 1 atom stereocenters. The van der Waals surface area contributed by atoms with Crippen molar-refractivity contribution in [2.75, 3.05) is 20.1 Å². The maximum atomic E-state index is 10.7. The fourth-order valence-corrected chi connectivity index (χ4v) is 2.10. The molecule has 0 aromatic heterocycles. The van der Waals surface area contributed by atoms with E-state index in [2.05, 4.69) is 32.9 Å². The van der Waals surface area contributed by atoms with Crippen LogP contribution in [0.3, 0.4) is 0 Å². The van der Waals surface area contributed by atoms with E-state index in [-0.39, 0.29) is 0 Å². The Balaban J connectivity index is 2.58. The summed E-state index contributed by atoms with van der Waals surface area (Å²) >= 11 is 0. The fourth-order valence-electron chi connectivity index (χ4n) is 2.10. The van der Waals surface area contributed by atoms with E-state index in [9.17, 15) is 4.79 Å². The Labute approximate surface area is 115 Å². The highest BCUT2D eigenvalue weighted by molar-refractivity contribution is 5.73. The van der Waals surface area contributed by atoms with Crippen molar-refractivity contribution in [3.63, 3.8) is 0 Å². The van der Waals surface area contributed by atoms with Crippen molar-refractivity contribution in [3.05, 3.63) is 34.4 Å². The van der Waals surface area contributed by atoms with E-state index in [0.29, 0.717) is 6.54 Å². The normalized spacial score (nSPS) is 12.7. The summed E-state index contributed by atoms with van der Waals surface area (Å²) in [7, 11) is 1.90. The maximum absolute atomic E-state index is 10.7. The largest absolute Gasteiger partial charge is 0.480 e. The molecule has 0 heterocycles. The highest BCUT2D eigenvalue weighted by Crippen LogP contribution is 2.17. The molecule has 0 radical (unpaired) electrons. The van der Waals surface area contributed by atoms with E-state index in [1.807, 2.05) is 11.9 Å². The van der Waals surface area contributed by atoms with Crippen LogP contribution < -0.4 is 5.73 Å². The van der Waals surface area contributed by atoms with Gasteiger partial charge in [-0.2, -0.15) is 0 Å². The predicted molar refractivity (Wildman–Crippen MR) is 77.5 cm³/mol. The van der Waals surface area contributed by atoms with Gasteiger partial charge in [0.1, 0.15) is 6.04 Å². The molecule has 4 nitrogen and oxygen atoms in total. The average molecular weight is 264 g/mol. The lowest BCUT2D eigenvalue weighted by Gasteiger charge is -2.20. The Hall–Kier alpha value is -1.39. The highest BCUT2D eigenvalue weighted by atomic mass is 16.4. The van der Waals surface area contributed by atoms with Gasteiger partial charge in [-0.05, 0) is 56.5 Å². The Kier molecular flexibility index (Phi) is 5.51. The molecule has 0 bridgehead atoms. The smallest absolute Gasteiger partial charge is 0.321 e. The molecule has 1 rings (SSSR count). The van der Waals surface area contributed by atoms with Gasteiger partial charge in [0.15, 0.2) is 0 Å². The van der Waals surface area contributed by atoms with Crippen molar-refractivity contribution >= 4 is 5.97 Å². The van der Waals surface area contributed by atoms with Crippen molar-refractivity contribution in [1.82, 2.24) is 4.90 Å². The summed E-state index contributed by atoms with van der Waals surface area (Å²) in [5, 5.41) is 8.78. The first kappa shape index (κ1) is 15.7. The molecule has 0 aliphatic heterocycles. The number of carboxylic acids is 1. The summed E-state index contributed by atoms with van der Waals surface area (Å²) in [6.07, 6.45) is 0.912. The zero-order chi connectivity index (χ0) is 14.6. The van der Waals surface area contributed by atoms with E-state index in [1.54, 1.807) is 0 Å². The molecule has 0 fully saturated rings. The van der Waals surface area contributed by atoms with Gasteiger partial charge in [0.2, 0.25) is 0 Å². The SMILES string of the molecule is Cc1ccc(CCN(C)CC(N)C(=O)O)c(C)c1C. The van der Waals surface area contributed by atoms with Crippen molar-refractivity contribution in [2.45, 2.75) is 33.2 Å². The molecular weight excluding hydrogens is 240 g/mol. The van der Waals surface area contributed by atoms with Gasteiger partial charge in [-0.3, -0.25) is 4.79 Å². The van der Waals surface area contributed by atoms with Crippen LogP contribution in [-0.4, -0.2) is 42.2 Å². The lowest BCUT2D eigenvalue weighted by Crippen LogP contribution is -2.41. The van der Waals surface area contributed by atoms with Crippen LogP contribution in [0.25, 0.3) is 0 Å². The van der Waals surface area contributed by atoms with Crippen molar-refractivity contribution in [3.8, 4) is 0 Å². The summed E-state index contributed by atoms with van der Waals surface area (Å²) in [6.45, 7) is 7.58. The van der Waals surface area contributed by atoms with Gasteiger partial charge in [-0.25, -0.2) is 0 Å². The van der Waals surface area contributed by atoms with Gasteiger partial charge in [0, 0.05) is 13.1 Å². The van der Waals surface area contributed by atoms with Gasteiger partial charge in [-0.15, -0.1) is 0 Å². The first-order valence-corrected chi connectivity index (χ1v) is 6.55. The monoisotopic (exact) mass is 264 g/mol. The molecule has 0 saturated carbocycles. The third-order valence-electron chi connectivity index (χ3n) is 3.76. The second-order valence-electron chi connectivity index (χ2n) is 5.25. The lowest BCUT2D eigenvalue weighted by atomic mass is 9.97. The molecule has 0 aliphatic carbocycles. The van der Waals surface area contributed by atoms with Gasteiger partial charge in [0.25, 0.3) is 0 Å². The molecule has 1 aromatic carbocycles. The third kappa shape index (κ3) is 4.33. The van der Waals surface area contributed by atoms with E-state index >= 15 is 0 Å². The van der Waals surface area contributed by atoms with Crippen LogP contribution in [0.4, 0.5) is 0 Å². The zero-order valence-electron chi connectivity index (χ0n) is 12.2. The second kappa shape index (κ2) is 6.68. The van der Waals surface area contributed by atoms with Gasteiger partial charge in [-0.1, -0.05) is 12.1 Å². The Bertz CT molecular complexity index is 458. The molecule has 1 unspecified atom stereocenters. The van der Waals surface area contributed by atoms with Crippen molar-refractivity contribution in [2.24, 2.45) is 5.73 Å². The number of likely N-dealkylation sites (N-methyl/N-ethyl adjacent to an activating group) is 1. The summed E-state index contributed by atoms with van der Waals surface area (Å²) in [6, 6.07) is 3.48. The third-order valence-corrected chi connectivity index (χ3v) is 3.76. The number of aliphatic carboxylic acids is 1. The predicted octanol–water partition coefficient (Wildman–Crippen LogP) is 1.50. The molecule has 19 heavy (non-hydrogen) atoms. The number of carbonyl (C=O) groups is 1. The first-order chi connectivity index (χ1) is 8.82. The number of hydrogen-bond donors (Lipinski definition) is 2. The molecule has 0 spiro atoms. The zero-order valence-corrected chi connectivity index (χ0v) is 12.2.